The highest BCUT2D eigenvalue weighted by molar-refractivity contribution is 8.14. The van der Waals surface area contributed by atoms with E-state index in [1.54, 1.807) is 56.6 Å². The van der Waals surface area contributed by atoms with Gasteiger partial charge in [0.15, 0.2) is 10.2 Å². The van der Waals surface area contributed by atoms with Crippen molar-refractivity contribution >= 4 is 62.9 Å². The van der Waals surface area contributed by atoms with Crippen LogP contribution in [0.5, 0.6) is 0 Å². The molecule has 40 heavy (non-hydrogen) atoms. The average Bonchev–Trinajstić information content (AvgIpc) is 3.47. The van der Waals surface area contributed by atoms with Gasteiger partial charge < -0.3 is 16.0 Å². The fraction of sp³-hybridized carbons (Fsp3) is 0.444. The fourth-order valence-corrected chi connectivity index (χ4v) is 5.49. The third kappa shape index (κ3) is 7.75. The van der Waals surface area contributed by atoms with Crippen LogP contribution in [0.25, 0.3) is 0 Å². The number of aromatic nitrogens is 1. The van der Waals surface area contributed by atoms with E-state index in [4.69, 9.17) is 0 Å². The van der Waals surface area contributed by atoms with Gasteiger partial charge in [-0.05, 0) is 37.3 Å². The van der Waals surface area contributed by atoms with Crippen LogP contribution in [0.15, 0.2) is 35.8 Å². The van der Waals surface area contributed by atoms with Crippen LogP contribution in [0, 0.1) is 5.41 Å². The maximum Gasteiger partial charge on any atom is 0.261 e. The maximum absolute atomic E-state index is 13.1. The minimum atomic E-state index is -1.00. The van der Waals surface area contributed by atoms with Crippen LogP contribution in [0.1, 0.15) is 68.2 Å². The summed E-state index contributed by atoms with van der Waals surface area (Å²) in [7, 11) is 0. The van der Waals surface area contributed by atoms with E-state index in [2.05, 4.69) is 20.9 Å². The molecule has 1 aromatic heterocycles. The largest absolute Gasteiger partial charge is 0.344 e. The number of rotatable bonds is 11. The Kier molecular flexibility index (Phi) is 10.2. The molecule has 0 radical (unpaired) electrons. The summed E-state index contributed by atoms with van der Waals surface area (Å²) in [6.45, 7) is 8.32. The molecule has 0 bridgehead atoms. The van der Waals surface area contributed by atoms with E-state index in [1.165, 1.54) is 25.2 Å². The molecule has 1 aromatic carbocycles. The number of carbonyl (C=O) groups excluding carboxylic acids is 6. The van der Waals surface area contributed by atoms with Gasteiger partial charge >= 0.3 is 0 Å². The molecule has 0 fully saturated rings. The number of imide groups is 1. The number of nitrogens with one attached hydrogen (secondary N) is 3. The molecule has 0 aliphatic carbocycles. The number of benzene rings is 1. The Morgan fingerprint density at radius 2 is 1.62 bits per heavy atom. The normalized spacial score (nSPS) is 15.2. The van der Waals surface area contributed by atoms with Gasteiger partial charge in [0.2, 0.25) is 17.7 Å². The molecule has 1 aliphatic heterocycles. The highest BCUT2D eigenvalue weighted by Gasteiger charge is 2.36. The number of amides is 5. The summed E-state index contributed by atoms with van der Waals surface area (Å²) in [5.74, 6) is -2.32. The van der Waals surface area contributed by atoms with Crippen LogP contribution in [0.2, 0.25) is 0 Å². The predicted molar refractivity (Wildman–Crippen MR) is 153 cm³/mol. The zero-order valence-corrected chi connectivity index (χ0v) is 24.6. The number of carbonyl (C=O) groups is 6. The second kappa shape index (κ2) is 13.2. The van der Waals surface area contributed by atoms with Crippen molar-refractivity contribution in [1.29, 1.82) is 0 Å². The summed E-state index contributed by atoms with van der Waals surface area (Å²) in [6.07, 6.45) is 2.03. The van der Waals surface area contributed by atoms with Crippen LogP contribution >= 0.6 is 23.1 Å². The summed E-state index contributed by atoms with van der Waals surface area (Å²) in [4.78, 5) is 81.1. The van der Waals surface area contributed by atoms with E-state index in [0.29, 0.717) is 16.3 Å². The van der Waals surface area contributed by atoms with E-state index in [9.17, 15) is 28.8 Å². The van der Waals surface area contributed by atoms with E-state index in [0.717, 1.165) is 16.7 Å². The van der Waals surface area contributed by atoms with Crippen LogP contribution < -0.4 is 16.0 Å². The van der Waals surface area contributed by atoms with Gasteiger partial charge in [0, 0.05) is 25.0 Å². The molecule has 13 heteroatoms. The monoisotopic (exact) mass is 587 g/mol. The summed E-state index contributed by atoms with van der Waals surface area (Å²) in [5.41, 5.74) is 0.0416. The number of anilines is 1. The summed E-state index contributed by atoms with van der Waals surface area (Å²) < 4.78 is 0. The topological polar surface area (TPSA) is 155 Å². The Balaban J connectivity index is 1.58. The van der Waals surface area contributed by atoms with E-state index < -0.39 is 52.3 Å². The minimum Gasteiger partial charge on any atom is -0.344 e. The second-order valence-electron chi connectivity index (χ2n) is 10.4. The first-order valence-electron chi connectivity index (χ1n) is 12.7. The second-order valence-corrected chi connectivity index (χ2v) is 12.7. The van der Waals surface area contributed by atoms with E-state index >= 15 is 0 Å². The molecule has 5 amide bonds. The highest BCUT2D eigenvalue weighted by atomic mass is 32.2. The van der Waals surface area contributed by atoms with Gasteiger partial charge in [0.25, 0.3) is 11.8 Å². The van der Waals surface area contributed by atoms with Gasteiger partial charge in [0.1, 0.15) is 12.1 Å². The average molecular weight is 588 g/mol. The first-order chi connectivity index (χ1) is 18.8. The molecule has 1 unspecified atom stereocenters. The molecule has 0 spiro atoms. The molecule has 3 atom stereocenters. The van der Waals surface area contributed by atoms with Crippen molar-refractivity contribution in [3.63, 3.8) is 0 Å². The molecule has 11 nitrogen and oxygen atoms in total. The molecule has 214 valence electrons. The van der Waals surface area contributed by atoms with Crippen LogP contribution in [0.3, 0.4) is 0 Å². The Morgan fingerprint density at radius 3 is 2.15 bits per heavy atom. The first-order valence-corrected chi connectivity index (χ1v) is 14.5. The molecule has 2 aromatic rings. The maximum atomic E-state index is 13.1. The van der Waals surface area contributed by atoms with Crippen molar-refractivity contribution in [2.75, 3.05) is 11.9 Å². The van der Waals surface area contributed by atoms with Crippen molar-refractivity contribution in [2.24, 2.45) is 5.41 Å². The van der Waals surface area contributed by atoms with Gasteiger partial charge in [-0.3, -0.25) is 33.7 Å². The molecule has 1 aliphatic rings. The zero-order valence-electron chi connectivity index (χ0n) is 23.0. The lowest BCUT2D eigenvalue weighted by Gasteiger charge is -2.31. The van der Waals surface area contributed by atoms with Crippen LogP contribution in [0.4, 0.5) is 5.13 Å². The standard InChI is InChI=1S/C27H33N5O6S2/c1-15(21(34)30-20(27(3,4)5)23(36)31-26-28-12-14-39-26)29-22(35)19(40-16(2)33)11-8-13-32-24(37)17-9-6-7-10-18(17)25(32)38/h6-7,9-10,12,14-15,19-20H,8,11,13H2,1-5H3,(H,29,35)(H,30,34)(H,28,31,36)/t15-,19?,20+/m0/s1. The van der Waals surface area contributed by atoms with Gasteiger partial charge in [0.05, 0.1) is 16.4 Å². The van der Waals surface area contributed by atoms with Crippen LogP contribution in [-0.4, -0.2) is 68.4 Å². The fourth-order valence-electron chi connectivity index (χ4n) is 4.10. The third-order valence-corrected chi connectivity index (χ3v) is 7.91. The Morgan fingerprint density at radius 1 is 1.00 bits per heavy atom. The number of fused-ring (bicyclic) bond motifs is 1. The number of thiazole rings is 1. The lowest BCUT2D eigenvalue weighted by molar-refractivity contribution is -0.131. The Bertz CT molecular complexity index is 1260. The van der Waals surface area contributed by atoms with Crippen molar-refractivity contribution in [3.05, 3.63) is 47.0 Å². The number of hydrogen-bond donors (Lipinski definition) is 3. The number of thioether (sulfide) groups is 1. The highest BCUT2D eigenvalue weighted by Crippen LogP contribution is 2.25. The van der Waals surface area contributed by atoms with Gasteiger partial charge in [-0.1, -0.05) is 44.7 Å². The molecule has 0 saturated carbocycles. The molecule has 0 saturated heterocycles. The lowest BCUT2D eigenvalue weighted by Crippen LogP contribution is -2.56. The SMILES string of the molecule is CC(=O)SC(CCCN1C(=O)c2ccccc2C1=O)C(=O)N[C@@H](C)C(=O)N[C@H](C(=O)Nc1nccs1)C(C)(C)C. The van der Waals surface area contributed by atoms with E-state index in [1.807, 2.05) is 0 Å². The van der Waals surface area contributed by atoms with Gasteiger partial charge in [-0.25, -0.2) is 4.98 Å². The first kappa shape index (κ1) is 31.0. The summed E-state index contributed by atoms with van der Waals surface area (Å²) in [6, 6.07) is 4.65. The van der Waals surface area contributed by atoms with Crippen molar-refractivity contribution in [3.8, 4) is 0 Å². The molecule has 3 N–H and O–H groups in total. The molecular weight excluding hydrogens is 554 g/mol. The Hall–Kier alpha value is -3.58. The van der Waals surface area contributed by atoms with Crippen molar-refractivity contribution in [2.45, 2.75) is 64.8 Å². The van der Waals surface area contributed by atoms with E-state index in [-0.39, 0.29) is 24.5 Å². The lowest BCUT2D eigenvalue weighted by atomic mass is 9.86. The molecule has 3 rings (SSSR count). The summed E-state index contributed by atoms with van der Waals surface area (Å²) in [5, 5.41) is 9.01. The van der Waals surface area contributed by atoms with Crippen LogP contribution in [-0.2, 0) is 19.2 Å². The number of nitrogens with zero attached hydrogens (tertiary/aromatic N) is 2. The smallest absolute Gasteiger partial charge is 0.261 e. The predicted octanol–water partition coefficient (Wildman–Crippen LogP) is 2.84. The molecular formula is C27H33N5O6S2. The van der Waals surface area contributed by atoms with Crippen molar-refractivity contribution < 1.29 is 28.8 Å². The van der Waals surface area contributed by atoms with Gasteiger partial charge in [-0.2, -0.15) is 0 Å². The third-order valence-electron chi connectivity index (χ3n) is 6.16. The Labute approximate surface area is 240 Å². The minimum absolute atomic E-state index is 0.0894. The van der Waals surface area contributed by atoms with Gasteiger partial charge in [-0.15, -0.1) is 11.3 Å². The quantitative estimate of drug-likeness (QED) is 0.339. The number of hydrogen-bond acceptors (Lipinski definition) is 9. The molecule has 2 heterocycles. The van der Waals surface area contributed by atoms with Crippen molar-refractivity contribution in [1.82, 2.24) is 20.5 Å². The zero-order chi connectivity index (χ0) is 29.6. The summed E-state index contributed by atoms with van der Waals surface area (Å²) >= 11 is 2.07.